The van der Waals surface area contributed by atoms with Crippen molar-refractivity contribution in [3.05, 3.63) is 57.5 Å². The van der Waals surface area contributed by atoms with E-state index in [1.807, 2.05) is 6.07 Å². The molecule has 0 saturated heterocycles. The van der Waals surface area contributed by atoms with Crippen LogP contribution < -0.4 is 4.72 Å². The summed E-state index contributed by atoms with van der Waals surface area (Å²) in [6.45, 7) is 0. The molecule has 0 unspecified atom stereocenters. The summed E-state index contributed by atoms with van der Waals surface area (Å²) in [4.78, 5) is 0.0869. The van der Waals surface area contributed by atoms with Gasteiger partial charge >= 0.3 is 0 Å². The summed E-state index contributed by atoms with van der Waals surface area (Å²) in [7, 11) is -3.80. The zero-order chi connectivity index (χ0) is 14.8. The maximum atomic E-state index is 12.3. The Bertz CT molecular complexity index is 800. The van der Waals surface area contributed by atoms with E-state index in [2.05, 4.69) is 20.7 Å². The number of halogens is 2. The van der Waals surface area contributed by atoms with E-state index < -0.39 is 10.0 Å². The van der Waals surface area contributed by atoms with E-state index in [0.29, 0.717) is 9.50 Å². The molecule has 2 rings (SSSR count). The van der Waals surface area contributed by atoms with E-state index in [9.17, 15) is 8.42 Å². The van der Waals surface area contributed by atoms with Crippen molar-refractivity contribution >= 4 is 43.2 Å². The van der Waals surface area contributed by atoms with E-state index in [1.54, 1.807) is 18.2 Å². The van der Waals surface area contributed by atoms with Gasteiger partial charge in [-0.25, -0.2) is 8.42 Å². The lowest BCUT2D eigenvalue weighted by Crippen LogP contribution is -2.14. The normalized spacial score (nSPS) is 10.8. The van der Waals surface area contributed by atoms with Crippen molar-refractivity contribution < 1.29 is 8.42 Å². The molecule has 7 heteroatoms. The fraction of sp³-hybridized carbons (Fsp3) is 0. The first-order valence-electron chi connectivity index (χ1n) is 5.41. The monoisotopic (exact) mass is 370 g/mol. The second-order valence-corrected chi connectivity index (χ2v) is 6.78. The molecule has 2 aromatic rings. The topological polar surface area (TPSA) is 70.0 Å². The SMILES string of the molecule is N#Cc1ccc(Cl)cc1NS(=O)(=O)c1ccccc1Br. The van der Waals surface area contributed by atoms with Crippen molar-refractivity contribution in [2.24, 2.45) is 0 Å². The van der Waals surface area contributed by atoms with Gasteiger partial charge in [-0.1, -0.05) is 23.7 Å². The molecular formula is C13H8BrClN2O2S. The highest BCUT2D eigenvalue weighted by atomic mass is 79.9. The Morgan fingerprint density at radius 1 is 1.20 bits per heavy atom. The van der Waals surface area contributed by atoms with E-state index >= 15 is 0 Å². The van der Waals surface area contributed by atoms with Gasteiger partial charge in [-0.15, -0.1) is 0 Å². The first-order chi connectivity index (χ1) is 9.44. The van der Waals surface area contributed by atoms with Gasteiger partial charge in [0.05, 0.1) is 11.3 Å². The van der Waals surface area contributed by atoms with Gasteiger partial charge in [0.1, 0.15) is 11.0 Å². The van der Waals surface area contributed by atoms with Gasteiger partial charge in [-0.3, -0.25) is 4.72 Å². The second kappa shape index (κ2) is 5.83. The molecule has 0 bridgehead atoms. The summed E-state index contributed by atoms with van der Waals surface area (Å²) in [5.74, 6) is 0. The lowest BCUT2D eigenvalue weighted by atomic mass is 10.2. The lowest BCUT2D eigenvalue weighted by molar-refractivity contribution is 0.601. The van der Waals surface area contributed by atoms with Crippen LogP contribution >= 0.6 is 27.5 Å². The molecule has 0 atom stereocenters. The van der Waals surface area contributed by atoms with E-state index in [4.69, 9.17) is 16.9 Å². The van der Waals surface area contributed by atoms with E-state index in [0.717, 1.165) is 0 Å². The molecule has 2 aromatic carbocycles. The fourth-order valence-corrected chi connectivity index (χ4v) is 3.81. The molecule has 0 spiro atoms. The molecule has 0 saturated carbocycles. The average Bonchev–Trinajstić information content (AvgIpc) is 2.39. The molecule has 0 aliphatic carbocycles. The number of hydrogen-bond donors (Lipinski definition) is 1. The summed E-state index contributed by atoms with van der Waals surface area (Å²) < 4.78 is 27.4. The molecule has 0 aromatic heterocycles. The number of nitriles is 1. The van der Waals surface area contributed by atoms with Gasteiger partial charge in [0.15, 0.2) is 0 Å². The Kier molecular flexibility index (Phi) is 4.33. The third-order valence-corrected chi connectivity index (χ3v) is 5.09. The van der Waals surface area contributed by atoms with Crippen LogP contribution in [0.5, 0.6) is 0 Å². The molecule has 102 valence electrons. The number of nitrogens with one attached hydrogen (secondary N) is 1. The van der Waals surface area contributed by atoms with Crippen LogP contribution in [0.1, 0.15) is 5.56 Å². The lowest BCUT2D eigenvalue weighted by Gasteiger charge is -2.11. The molecule has 0 fully saturated rings. The van der Waals surface area contributed by atoms with Crippen molar-refractivity contribution in [2.45, 2.75) is 4.90 Å². The minimum absolute atomic E-state index is 0.0869. The first-order valence-corrected chi connectivity index (χ1v) is 8.06. The third-order valence-electron chi connectivity index (χ3n) is 2.47. The molecule has 20 heavy (non-hydrogen) atoms. The highest BCUT2D eigenvalue weighted by Gasteiger charge is 2.18. The molecule has 0 heterocycles. The average molecular weight is 372 g/mol. The van der Waals surface area contributed by atoms with Gasteiger partial charge in [0, 0.05) is 9.50 Å². The van der Waals surface area contributed by atoms with Crippen LogP contribution in [-0.4, -0.2) is 8.42 Å². The Morgan fingerprint density at radius 2 is 1.90 bits per heavy atom. The third kappa shape index (κ3) is 3.12. The number of rotatable bonds is 3. The molecule has 0 radical (unpaired) electrons. The Morgan fingerprint density at radius 3 is 2.55 bits per heavy atom. The van der Waals surface area contributed by atoms with Crippen LogP contribution in [0.4, 0.5) is 5.69 Å². The Balaban J connectivity index is 2.47. The highest BCUT2D eigenvalue weighted by molar-refractivity contribution is 9.10. The number of hydrogen-bond acceptors (Lipinski definition) is 3. The van der Waals surface area contributed by atoms with Crippen LogP contribution in [-0.2, 0) is 10.0 Å². The van der Waals surface area contributed by atoms with E-state index in [-0.39, 0.29) is 16.1 Å². The number of sulfonamides is 1. The number of benzene rings is 2. The van der Waals surface area contributed by atoms with Gasteiger partial charge < -0.3 is 0 Å². The van der Waals surface area contributed by atoms with Gasteiger partial charge in [0.2, 0.25) is 0 Å². The van der Waals surface area contributed by atoms with Crippen molar-refractivity contribution in [3.63, 3.8) is 0 Å². The summed E-state index contributed by atoms with van der Waals surface area (Å²) >= 11 is 9.01. The van der Waals surface area contributed by atoms with E-state index in [1.165, 1.54) is 24.3 Å². The summed E-state index contributed by atoms with van der Waals surface area (Å²) in [5, 5.41) is 9.34. The first kappa shape index (κ1) is 14.9. The van der Waals surface area contributed by atoms with Gasteiger partial charge in [-0.05, 0) is 46.3 Å². The van der Waals surface area contributed by atoms with Crippen molar-refractivity contribution in [1.82, 2.24) is 0 Å². The zero-order valence-electron chi connectivity index (χ0n) is 9.97. The highest BCUT2D eigenvalue weighted by Crippen LogP contribution is 2.26. The standard InChI is InChI=1S/C13H8BrClN2O2S/c14-11-3-1-2-4-13(11)20(18,19)17-12-7-10(15)6-5-9(12)8-16/h1-7,17H. The number of anilines is 1. The predicted molar refractivity (Wildman–Crippen MR) is 81.1 cm³/mol. The number of nitrogens with zero attached hydrogens (tertiary/aromatic N) is 1. The van der Waals surface area contributed by atoms with Crippen LogP contribution in [0.15, 0.2) is 51.8 Å². The Labute approximate surface area is 130 Å². The molecule has 1 N–H and O–H groups in total. The summed E-state index contributed by atoms with van der Waals surface area (Å²) in [6.07, 6.45) is 0. The zero-order valence-corrected chi connectivity index (χ0v) is 13.1. The molecule has 0 aliphatic heterocycles. The quantitative estimate of drug-likeness (QED) is 0.892. The second-order valence-electron chi connectivity index (χ2n) is 3.84. The van der Waals surface area contributed by atoms with Crippen LogP contribution in [0.2, 0.25) is 5.02 Å². The van der Waals surface area contributed by atoms with Crippen LogP contribution in [0.3, 0.4) is 0 Å². The van der Waals surface area contributed by atoms with Crippen molar-refractivity contribution in [3.8, 4) is 6.07 Å². The van der Waals surface area contributed by atoms with Gasteiger partial charge in [0.25, 0.3) is 10.0 Å². The van der Waals surface area contributed by atoms with Gasteiger partial charge in [-0.2, -0.15) is 5.26 Å². The summed E-state index contributed by atoms with van der Waals surface area (Å²) in [5.41, 5.74) is 0.348. The van der Waals surface area contributed by atoms with Crippen molar-refractivity contribution in [2.75, 3.05) is 4.72 Å². The molecule has 4 nitrogen and oxygen atoms in total. The minimum Gasteiger partial charge on any atom is -0.278 e. The van der Waals surface area contributed by atoms with Crippen LogP contribution in [0, 0.1) is 11.3 Å². The van der Waals surface area contributed by atoms with Crippen LogP contribution in [0.25, 0.3) is 0 Å². The Hall–Kier alpha value is -1.55. The maximum Gasteiger partial charge on any atom is 0.263 e. The van der Waals surface area contributed by atoms with Crippen molar-refractivity contribution in [1.29, 1.82) is 5.26 Å². The fourth-order valence-electron chi connectivity index (χ4n) is 1.56. The smallest absolute Gasteiger partial charge is 0.263 e. The maximum absolute atomic E-state index is 12.3. The molecular weight excluding hydrogens is 364 g/mol. The predicted octanol–water partition coefficient (Wildman–Crippen LogP) is 3.77. The molecule has 0 amide bonds. The minimum atomic E-state index is -3.80. The molecule has 0 aliphatic rings. The summed E-state index contributed by atoms with van der Waals surface area (Å²) in [6, 6.07) is 12.7. The largest absolute Gasteiger partial charge is 0.278 e.